The van der Waals surface area contributed by atoms with Gasteiger partial charge in [0.25, 0.3) is 0 Å². The van der Waals surface area contributed by atoms with Crippen molar-refractivity contribution in [2.75, 3.05) is 19.4 Å². The molecular formula is C12H17NOS. The molecule has 0 bridgehead atoms. The van der Waals surface area contributed by atoms with Crippen LogP contribution in [0, 0.1) is 0 Å². The fraction of sp³-hybridized carbons (Fsp3) is 0.500. The maximum atomic E-state index is 5.65. The lowest BCUT2D eigenvalue weighted by Crippen LogP contribution is -2.10. The number of rotatable bonds is 3. The number of hydrogen-bond donors (Lipinski definition) is 1. The van der Waals surface area contributed by atoms with E-state index in [1.807, 2.05) is 11.8 Å². The third kappa shape index (κ3) is 2.13. The number of ether oxygens (including phenoxy) is 1. The van der Waals surface area contributed by atoms with Crippen LogP contribution in [0.15, 0.2) is 17.0 Å². The van der Waals surface area contributed by atoms with E-state index in [4.69, 9.17) is 10.5 Å². The smallest absolute Gasteiger partial charge is 0.122 e. The van der Waals surface area contributed by atoms with Crippen molar-refractivity contribution in [3.63, 3.8) is 0 Å². The van der Waals surface area contributed by atoms with Crippen LogP contribution < -0.4 is 10.5 Å². The van der Waals surface area contributed by atoms with Gasteiger partial charge in [-0.3, -0.25) is 0 Å². The SMILES string of the molecule is COc1ccc2c(c1CCN)CCCS2. The van der Waals surface area contributed by atoms with Crippen molar-refractivity contribution < 1.29 is 4.74 Å². The third-order valence-electron chi connectivity index (χ3n) is 2.79. The summed E-state index contributed by atoms with van der Waals surface area (Å²) in [7, 11) is 1.73. The minimum atomic E-state index is 0.692. The molecule has 0 spiro atoms. The van der Waals surface area contributed by atoms with E-state index in [1.165, 1.54) is 34.6 Å². The number of nitrogens with two attached hydrogens (primary N) is 1. The van der Waals surface area contributed by atoms with E-state index in [1.54, 1.807) is 7.11 Å². The zero-order chi connectivity index (χ0) is 10.7. The largest absolute Gasteiger partial charge is 0.496 e. The van der Waals surface area contributed by atoms with Gasteiger partial charge in [-0.05, 0) is 54.8 Å². The maximum absolute atomic E-state index is 5.65. The van der Waals surface area contributed by atoms with Gasteiger partial charge >= 0.3 is 0 Å². The van der Waals surface area contributed by atoms with E-state index in [-0.39, 0.29) is 0 Å². The summed E-state index contributed by atoms with van der Waals surface area (Å²) in [5, 5.41) is 0. The lowest BCUT2D eigenvalue weighted by molar-refractivity contribution is 0.408. The molecule has 2 nitrogen and oxygen atoms in total. The van der Waals surface area contributed by atoms with Crippen molar-refractivity contribution in [1.29, 1.82) is 0 Å². The van der Waals surface area contributed by atoms with Crippen LogP contribution in [0.5, 0.6) is 5.75 Å². The molecule has 0 saturated carbocycles. The normalized spacial score (nSPS) is 14.8. The average molecular weight is 223 g/mol. The molecule has 1 aliphatic heterocycles. The molecule has 2 N–H and O–H groups in total. The van der Waals surface area contributed by atoms with Crippen LogP contribution in [0.2, 0.25) is 0 Å². The Hall–Kier alpha value is -0.670. The van der Waals surface area contributed by atoms with Gasteiger partial charge in [-0.25, -0.2) is 0 Å². The lowest BCUT2D eigenvalue weighted by atomic mass is 9.99. The van der Waals surface area contributed by atoms with Crippen molar-refractivity contribution in [2.45, 2.75) is 24.2 Å². The summed E-state index contributed by atoms with van der Waals surface area (Å²) in [6, 6.07) is 4.25. The molecule has 1 heterocycles. The summed E-state index contributed by atoms with van der Waals surface area (Å²) in [6.45, 7) is 0.692. The number of thioether (sulfide) groups is 1. The Morgan fingerprint density at radius 3 is 3.07 bits per heavy atom. The molecule has 0 aromatic heterocycles. The van der Waals surface area contributed by atoms with Crippen LogP contribution >= 0.6 is 11.8 Å². The second kappa shape index (κ2) is 4.90. The summed E-state index contributed by atoms with van der Waals surface area (Å²) in [6.07, 6.45) is 3.37. The second-order valence-corrected chi connectivity index (χ2v) is 4.85. The quantitative estimate of drug-likeness (QED) is 0.853. The first-order chi connectivity index (χ1) is 7.36. The molecule has 0 radical (unpaired) electrons. The van der Waals surface area contributed by atoms with E-state index < -0.39 is 0 Å². The van der Waals surface area contributed by atoms with Gasteiger partial charge in [0.1, 0.15) is 5.75 Å². The number of hydrogen-bond acceptors (Lipinski definition) is 3. The van der Waals surface area contributed by atoms with Gasteiger partial charge in [-0.1, -0.05) is 0 Å². The van der Waals surface area contributed by atoms with E-state index in [2.05, 4.69) is 12.1 Å². The van der Waals surface area contributed by atoms with Crippen LogP contribution in [0.25, 0.3) is 0 Å². The zero-order valence-electron chi connectivity index (χ0n) is 9.08. The minimum absolute atomic E-state index is 0.692. The fourth-order valence-corrected chi connectivity index (χ4v) is 3.17. The predicted octanol–water partition coefficient (Wildman–Crippen LogP) is 2.23. The lowest BCUT2D eigenvalue weighted by Gasteiger charge is -2.20. The molecule has 3 heteroatoms. The summed E-state index contributed by atoms with van der Waals surface area (Å²) in [5.41, 5.74) is 8.45. The molecule has 1 aromatic carbocycles. The van der Waals surface area contributed by atoms with Gasteiger partial charge < -0.3 is 10.5 Å². The minimum Gasteiger partial charge on any atom is -0.496 e. The molecule has 0 saturated heterocycles. The van der Waals surface area contributed by atoms with Crippen molar-refractivity contribution in [3.8, 4) is 5.75 Å². The number of methoxy groups -OCH3 is 1. The van der Waals surface area contributed by atoms with Crippen LogP contribution in [0.3, 0.4) is 0 Å². The Balaban J connectivity index is 2.44. The van der Waals surface area contributed by atoms with E-state index in [0.29, 0.717) is 6.54 Å². The van der Waals surface area contributed by atoms with Crippen molar-refractivity contribution in [2.24, 2.45) is 5.73 Å². The van der Waals surface area contributed by atoms with Gasteiger partial charge in [0.05, 0.1) is 7.11 Å². The Labute approximate surface area is 95.2 Å². The molecule has 15 heavy (non-hydrogen) atoms. The van der Waals surface area contributed by atoms with E-state index in [0.717, 1.165) is 12.2 Å². The molecule has 2 rings (SSSR count). The molecule has 1 aliphatic rings. The highest BCUT2D eigenvalue weighted by Crippen LogP contribution is 2.36. The topological polar surface area (TPSA) is 35.2 Å². The van der Waals surface area contributed by atoms with Crippen molar-refractivity contribution >= 4 is 11.8 Å². The molecular weight excluding hydrogens is 206 g/mol. The monoisotopic (exact) mass is 223 g/mol. The standard InChI is InChI=1S/C12H17NOS/c1-14-11-4-5-12-10(3-2-8-15-12)9(11)6-7-13/h4-5H,2-3,6-8,13H2,1H3. The summed E-state index contributed by atoms with van der Waals surface area (Å²) >= 11 is 1.95. The summed E-state index contributed by atoms with van der Waals surface area (Å²) in [5.74, 6) is 2.24. The summed E-state index contributed by atoms with van der Waals surface area (Å²) in [4.78, 5) is 1.42. The van der Waals surface area contributed by atoms with Gasteiger partial charge in [-0.15, -0.1) is 11.8 Å². The zero-order valence-corrected chi connectivity index (χ0v) is 9.90. The Morgan fingerprint density at radius 2 is 2.33 bits per heavy atom. The first-order valence-electron chi connectivity index (χ1n) is 5.38. The van der Waals surface area contributed by atoms with Crippen LogP contribution in [-0.4, -0.2) is 19.4 Å². The predicted molar refractivity (Wildman–Crippen MR) is 64.8 cm³/mol. The number of fused-ring (bicyclic) bond motifs is 1. The highest BCUT2D eigenvalue weighted by Gasteiger charge is 2.16. The van der Waals surface area contributed by atoms with Crippen molar-refractivity contribution in [1.82, 2.24) is 0 Å². The van der Waals surface area contributed by atoms with Crippen LogP contribution in [0.4, 0.5) is 0 Å². The Kier molecular flexibility index (Phi) is 3.54. The molecule has 82 valence electrons. The Bertz CT molecular complexity index is 352. The van der Waals surface area contributed by atoms with Crippen molar-refractivity contribution in [3.05, 3.63) is 23.3 Å². The first-order valence-corrected chi connectivity index (χ1v) is 6.37. The van der Waals surface area contributed by atoms with Gasteiger partial charge in [0, 0.05) is 4.90 Å². The highest BCUT2D eigenvalue weighted by atomic mass is 32.2. The highest BCUT2D eigenvalue weighted by molar-refractivity contribution is 7.99. The van der Waals surface area contributed by atoms with Gasteiger partial charge in [-0.2, -0.15) is 0 Å². The third-order valence-corrected chi connectivity index (χ3v) is 3.97. The molecule has 0 aliphatic carbocycles. The van der Waals surface area contributed by atoms with E-state index in [9.17, 15) is 0 Å². The van der Waals surface area contributed by atoms with Gasteiger partial charge in [0.15, 0.2) is 0 Å². The van der Waals surface area contributed by atoms with E-state index >= 15 is 0 Å². The molecule has 1 aromatic rings. The fourth-order valence-electron chi connectivity index (χ4n) is 2.10. The molecule has 0 amide bonds. The summed E-state index contributed by atoms with van der Waals surface area (Å²) < 4.78 is 5.40. The first kappa shape index (κ1) is 10.8. The molecule has 0 unspecified atom stereocenters. The van der Waals surface area contributed by atoms with Gasteiger partial charge in [0.2, 0.25) is 0 Å². The number of benzene rings is 1. The molecule has 0 atom stereocenters. The average Bonchev–Trinajstić information content (AvgIpc) is 2.30. The molecule has 0 fully saturated rings. The second-order valence-electron chi connectivity index (χ2n) is 3.71. The Morgan fingerprint density at radius 1 is 1.47 bits per heavy atom. The van der Waals surface area contributed by atoms with Crippen LogP contribution in [0.1, 0.15) is 17.5 Å². The maximum Gasteiger partial charge on any atom is 0.122 e. The van der Waals surface area contributed by atoms with Crippen LogP contribution in [-0.2, 0) is 12.8 Å².